The third-order valence-electron chi connectivity index (χ3n) is 3.93. The van der Waals surface area contributed by atoms with Crippen molar-refractivity contribution in [1.29, 1.82) is 0 Å². The first-order valence-electron chi connectivity index (χ1n) is 8.28. The number of rotatable bonds is 3. The van der Waals surface area contributed by atoms with Crippen LogP contribution in [0.15, 0.2) is 42.5 Å². The van der Waals surface area contributed by atoms with Crippen LogP contribution in [0.2, 0.25) is 0 Å². The maximum atomic E-state index is 12.5. The zero-order chi connectivity index (χ0) is 18.2. The molecule has 1 aromatic heterocycles. The molecule has 3 aromatic rings. The lowest BCUT2D eigenvalue weighted by Crippen LogP contribution is -2.40. The minimum Gasteiger partial charge on any atom is -0.352 e. The number of nitrogens with one attached hydrogen (secondary N) is 2. The molecule has 0 bridgehead atoms. The van der Waals surface area contributed by atoms with Gasteiger partial charge in [0.25, 0.3) is 5.91 Å². The first-order valence-corrected chi connectivity index (χ1v) is 8.28. The van der Waals surface area contributed by atoms with Crippen LogP contribution in [-0.2, 0) is 0 Å². The van der Waals surface area contributed by atoms with Crippen LogP contribution in [0.3, 0.4) is 0 Å². The number of H-pyrrole nitrogens is 1. The van der Waals surface area contributed by atoms with E-state index in [0.29, 0.717) is 11.3 Å². The van der Waals surface area contributed by atoms with Crippen LogP contribution < -0.4 is 5.32 Å². The first-order chi connectivity index (χ1) is 11.7. The van der Waals surface area contributed by atoms with E-state index in [4.69, 9.17) is 0 Å². The number of amides is 1. The van der Waals surface area contributed by atoms with Gasteiger partial charge in [-0.25, -0.2) is 0 Å². The average molecular weight is 334 g/mol. The maximum Gasteiger partial charge on any atom is 0.251 e. The molecule has 0 saturated heterocycles. The maximum absolute atomic E-state index is 12.5. The van der Waals surface area contributed by atoms with Crippen LogP contribution in [0.25, 0.3) is 22.0 Å². The summed E-state index contributed by atoms with van der Waals surface area (Å²) in [6.07, 6.45) is 0.807. The fraction of sp³-hybridized carbons (Fsp3) is 0.238. The first kappa shape index (κ1) is 17.0. The van der Waals surface area contributed by atoms with Crippen molar-refractivity contribution >= 4 is 23.1 Å². The Kier molecular flexibility index (Phi) is 4.21. The molecule has 0 fully saturated rings. The lowest BCUT2D eigenvalue weighted by Gasteiger charge is -2.21. The van der Waals surface area contributed by atoms with Gasteiger partial charge in [-0.05, 0) is 74.7 Å². The average Bonchev–Trinajstić information content (AvgIpc) is 2.94. The highest BCUT2D eigenvalue weighted by atomic mass is 16.1. The number of aryl methyl sites for hydroxylation is 1. The molecule has 1 amide bonds. The molecule has 0 radical (unpaired) electrons. The predicted octanol–water partition coefficient (Wildman–Crippen LogP) is 4.48. The van der Waals surface area contributed by atoms with Gasteiger partial charge in [0, 0.05) is 22.0 Å². The quantitative estimate of drug-likeness (QED) is 0.694. The second-order valence-corrected chi connectivity index (χ2v) is 7.44. The van der Waals surface area contributed by atoms with Crippen molar-refractivity contribution < 1.29 is 9.59 Å². The van der Waals surface area contributed by atoms with Gasteiger partial charge in [0.1, 0.15) is 0 Å². The molecule has 4 heteroatoms. The summed E-state index contributed by atoms with van der Waals surface area (Å²) in [6.45, 7) is 7.88. The van der Waals surface area contributed by atoms with Crippen LogP contribution in [0.1, 0.15) is 47.2 Å². The van der Waals surface area contributed by atoms with Gasteiger partial charge in [0.2, 0.25) is 0 Å². The smallest absolute Gasteiger partial charge is 0.251 e. The SMILES string of the molecule is Cc1cc(C(=O)NC(C)(C)C)cc(-c2ccc3[nH]c(C=O)cc3c2)c1. The number of hydrogen-bond acceptors (Lipinski definition) is 2. The van der Waals surface area contributed by atoms with Crippen LogP contribution >= 0.6 is 0 Å². The van der Waals surface area contributed by atoms with E-state index in [1.807, 2.05) is 64.1 Å². The third-order valence-corrected chi connectivity index (χ3v) is 3.93. The Bertz CT molecular complexity index is 962. The van der Waals surface area contributed by atoms with E-state index in [0.717, 1.165) is 33.9 Å². The Balaban J connectivity index is 2.02. The third kappa shape index (κ3) is 3.79. The van der Waals surface area contributed by atoms with E-state index in [1.54, 1.807) is 0 Å². The molecule has 2 aromatic carbocycles. The second kappa shape index (κ2) is 6.20. The van der Waals surface area contributed by atoms with Gasteiger partial charge in [-0.2, -0.15) is 0 Å². The van der Waals surface area contributed by atoms with Crippen LogP contribution in [0.4, 0.5) is 0 Å². The highest BCUT2D eigenvalue weighted by molar-refractivity contribution is 5.97. The molecule has 0 saturated carbocycles. The van der Waals surface area contributed by atoms with Crippen molar-refractivity contribution in [3.05, 3.63) is 59.3 Å². The van der Waals surface area contributed by atoms with Crippen LogP contribution in [-0.4, -0.2) is 22.7 Å². The number of aromatic amines is 1. The second-order valence-electron chi connectivity index (χ2n) is 7.44. The topological polar surface area (TPSA) is 62.0 Å². The van der Waals surface area contributed by atoms with E-state index >= 15 is 0 Å². The molecule has 0 aliphatic heterocycles. The fourth-order valence-electron chi connectivity index (χ4n) is 2.89. The van der Waals surface area contributed by atoms with E-state index in [1.165, 1.54) is 0 Å². The van der Waals surface area contributed by atoms with Crippen molar-refractivity contribution in [2.24, 2.45) is 0 Å². The summed E-state index contributed by atoms with van der Waals surface area (Å²) >= 11 is 0. The van der Waals surface area contributed by atoms with Gasteiger partial charge in [-0.1, -0.05) is 12.1 Å². The molecule has 128 valence electrons. The van der Waals surface area contributed by atoms with E-state index in [9.17, 15) is 9.59 Å². The molecule has 0 atom stereocenters. The monoisotopic (exact) mass is 334 g/mol. The molecule has 4 nitrogen and oxygen atoms in total. The van der Waals surface area contributed by atoms with Gasteiger partial charge >= 0.3 is 0 Å². The normalized spacial score (nSPS) is 11.5. The number of fused-ring (bicyclic) bond motifs is 1. The van der Waals surface area contributed by atoms with Crippen molar-refractivity contribution in [3.8, 4) is 11.1 Å². The minimum atomic E-state index is -0.281. The van der Waals surface area contributed by atoms with E-state index in [-0.39, 0.29) is 11.4 Å². The molecule has 0 aliphatic rings. The molecule has 0 spiro atoms. The van der Waals surface area contributed by atoms with Crippen molar-refractivity contribution in [3.63, 3.8) is 0 Å². The summed E-state index contributed by atoms with van der Waals surface area (Å²) in [5.74, 6) is -0.0802. The summed E-state index contributed by atoms with van der Waals surface area (Å²) in [5, 5.41) is 3.97. The predicted molar refractivity (Wildman–Crippen MR) is 101 cm³/mol. The van der Waals surface area contributed by atoms with Crippen molar-refractivity contribution in [1.82, 2.24) is 10.3 Å². The van der Waals surface area contributed by atoms with E-state index in [2.05, 4.69) is 16.4 Å². The number of carbonyl (C=O) groups excluding carboxylic acids is 2. The molecule has 2 N–H and O–H groups in total. The molecule has 3 rings (SSSR count). The minimum absolute atomic E-state index is 0.0802. The summed E-state index contributed by atoms with van der Waals surface area (Å²) in [7, 11) is 0. The Hall–Kier alpha value is -2.88. The van der Waals surface area contributed by atoms with Gasteiger partial charge in [-0.3, -0.25) is 9.59 Å². The standard InChI is InChI=1S/C21H22N2O2/c1-13-7-15(10-17(8-13)20(25)23-21(2,3)4)14-5-6-19-16(9-14)11-18(12-24)22-19/h5-12,22H,1-4H3,(H,23,25). The molecular formula is C21H22N2O2. The van der Waals surface area contributed by atoms with Crippen LogP contribution in [0.5, 0.6) is 0 Å². The molecule has 0 unspecified atom stereocenters. The van der Waals surface area contributed by atoms with Gasteiger partial charge in [0.05, 0.1) is 5.69 Å². The fourth-order valence-corrected chi connectivity index (χ4v) is 2.89. The zero-order valence-electron chi connectivity index (χ0n) is 14.9. The number of hydrogen-bond donors (Lipinski definition) is 2. The summed E-state index contributed by atoms with van der Waals surface area (Å²) < 4.78 is 0. The van der Waals surface area contributed by atoms with E-state index < -0.39 is 0 Å². The van der Waals surface area contributed by atoms with Gasteiger partial charge in [-0.15, -0.1) is 0 Å². The Morgan fingerprint density at radius 1 is 1.04 bits per heavy atom. The Morgan fingerprint density at radius 3 is 2.48 bits per heavy atom. The molecule has 25 heavy (non-hydrogen) atoms. The van der Waals surface area contributed by atoms with Gasteiger partial charge in [0.15, 0.2) is 6.29 Å². The summed E-state index contributed by atoms with van der Waals surface area (Å²) in [5.41, 5.74) is 4.86. The number of aldehydes is 1. The summed E-state index contributed by atoms with van der Waals surface area (Å²) in [4.78, 5) is 26.5. The number of benzene rings is 2. The number of aromatic nitrogens is 1. The van der Waals surface area contributed by atoms with Crippen LogP contribution in [0, 0.1) is 6.92 Å². The Morgan fingerprint density at radius 2 is 1.80 bits per heavy atom. The Labute approximate surface area is 147 Å². The van der Waals surface area contributed by atoms with Gasteiger partial charge < -0.3 is 10.3 Å². The van der Waals surface area contributed by atoms with Crippen molar-refractivity contribution in [2.45, 2.75) is 33.2 Å². The number of carbonyl (C=O) groups is 2. The molecule has 1 heterocycles. The summed E-state index contributed by atoms with van der Waals surface area (Å²) in [6, 6.07) is 13.7. The lowest BCUT2D eigenvalue weighted by molar-refractivity contribution is 0.0919. The largest absolute Gasteiger partial charge is 0.352 e. The highest BCUT2D eigenvalue weighted by Crippen LogP contribution is 2.27. The molecule has 0 aliphatic carbocycles. The zero-order valence-corrected chi connectivity index (χ0v) is 14.9. The van der Waals surface area contributed by atoms with Crippen molar-refractivity contribution in [2.75, 3.05) is 0 Å². The lowest BCUT2D eigenvalue weighted by atomic mass is 9.98. The highest BCUT2D eigenvalue weighted by Gasteiger charge is 2.16. The molecular weight excluding hydrogens is 312 g/mol.